The predicted octanol–water partition coefficient (Wildman–Crippen LogP) is 1.53. The van der Waals surface area contributed by atoms with Crippen LogP contribution < -0.4 is 0 Å². The molecule has 3 aliphatic rings. The second kappa shape index (κ2) is 4.60. The standard InChI is InChI=1S/C15H22O4/c1-7-4-10(9(3)18-15(17)8(2)6-16)11-5-12-14(19-12)13(7)11/h7,9-14,16H,2,4-6H2,1,3H3. The molecule has 106 valence electrons. The summed E-state index contributed by atoms with van der Waals surface area (Å²) in [5, 5.41) is 8.90. The third-order valence-electron chi connectivity index (χ3n) is 5.23. The lowest BCUT2D eigenvalue weighted by molar-refractivity contribution is -0.147. The summed E-state index contributed by atoms with van der Waals surface area (Å²) in [6, 6.07) is 0. The number of ether oxygens (including phenoxy) is 2. The van der Waals surface area contributed by atoms with E-state index in [4.69, 9.17) is 14.6 Å². The SMILES string of the molecule is C=C(CO)C(=O)OC(C)C1CC(C)C2C1CC1OC12. The number of hydrogen-bond donors (Lipinski definition) is 1. The summed E-state index contributed by atoms with van der Waals surface area (Å²) in [6.07, 6.45) is 3.05. The van der Waals surface area contributed by atoms with E-state index < -0.39 is 5.97 Å². The average Bonchev–Trinajstić information content (AvgIpc) is 2.91. The smallest absolute Gasteiger partial charge is 0.336 e. The van der Waals surface area contributed by atoms with Crippen LogP contribution in [0.15, 0.2) is 12.2 Å². The normalized spacial score (nSPS) is 44.4. The molecule has 1 aliphatic heterocycles. The van der Waals surface area contributed by atoms with E-state index in [-0.39, 0.29) is 18.3 Å². The lowest BCUT2D eigenvalue weighted by atomic mass is 9.87. The molecule has 1 saturated heterocycles. The van der Waals surface area contributed by atoms with Crippen molar-refractivity contribution in [3.63, 3.8) is 0 Å². The molecule has 4 nitrogen and oxygen atoms in total. The van der Waals surface area contributed by atoms with E-state index in [1.807, 2.05) is 6.92 Å². The summed E-state index contributed by atoms with van der Waals surface area (Å²) in [5.74, 6) is 1.88. The number of aliphatic hydroxyl groups excluding tert-OH is 1. The van der Waals surface area contributed by atoms with Gasteiger partial charge in [0.1, 0.15) is 6.10 Å². The first-order valence-electron chi connectivity index (χ1n) is 7.18. The van der Waals surface area contributed by atoms with Crippen LogP contribution in [0, 0.1) is 23.7 Å². The Morgan fingerprint density at radius 2 is 2.26 bits per heavy atom. The number of epoxide rings is 1. The average molecular weight is 266 g/mol. The molecule has 3 fully saturated rings. The summed E-state index contributed by atoms with van der Waals surface area (Å²) in [6.45, 7) is 7.42. The second-order valence-corrected chi connectivity index (χ2v) is 6.36. The molecule has 7 unspecified atom stereocenters. The van der Waals surface area contributed by atoms with Gasteiger partial charge in [0.2, 0.25) is 0 Å². The number of hydrogen-bond acceptors (Lipinski definition) is 4. The highest BCUT2D eigenvalue weighted by Gasteiger charge is 2.62. The van der Waals surface area contributed by atoms with Gasteiger partial charge in [0, 0.05) is 0 Å². The molecular weight excluding hydrogens is 244 g/mol. The number of esters is 1. The zero-order valence-electron chi connectivity index (χ0n) is 11.5. The van der Waals surface area contributed by atoms with E-state index in [1.54, 1.807) is 0 Å². The van der Waals surface area contributed by atoms with Crippen molar-refractivity contribution in [1.82, 2.24) is 0 Å². The van der Waals surface area contributed by atoms with Gasteiger partial charge in [0.25, 0.3) is 0 Å². The van der Waals surface area contributed by atoms with Crippen LogP contribution in [0.2, 0.25) is 0 Å². The monoisotopic (exact) mass is 266 g/mol. The fraction of sp³-hybridized carbons (Fsp3) is 0.800. The first-order chi connectivity index (χ1) is 9.02. The zero-order valence-corrected chi connectivity index (χ0v) is 11.5. The van der Waals surface area contributed by atoms with Crippen molar-refractivity contribution in [3.05, 3.63) is 12.2 Å². The fourth-order valence-corrected chi connectivity index (χ4v) is 4.26. The van der Waals surface area contributed by atoms with Gasteiger partial charge in [-0.15, -0.1) is 0 Å². The number of carbonyl (C=O) groups is 1. The van der Waals surface area contributed by atoms with Crippen LogP contribution in [-0.4, -0.2) is 36.0 Å². The van der Waals surface area contributed by atoms with Crippen molar-refractivity contribution < 1.29 is 19.4 Å². The molecule has 0 amide bonds. The molecule has 0 aromatic rings. The number of fused-ring (bicyclic) bond motifs is 3. The minimum absolute atomic E-state index is 0.106. The Kier molecular flexibility index (Phi) is 3.18. The lowest BCUT2D eigenvalue weighted by Gasteiger charge is -2.26. The van der Waals surface area contributed by atoms with Crippen molar-refractivity contribution in [2.45, 2.75) is 45.0 Å². The molecule has 2 saturated carbocycles. The van der Waals surface area contributed by atoms with E-state index in [0.717, 1.165) is 12.8 Å². The number of rotatable bonds is 4. The first kappa shape index (κ1) is 13.1. The van der Waals surface area contributed by atoms with Crippen LogP contribution in [0.5, 0.6) is 0 Å². The third-order valence-corrected chi connectivity index (χ3v) is 5.23. The van der Waals surface area contributed by atoms with E-state index >= 15 is 0 Å². The van der Waals surface area contributed by atoms with Crippen LogP contribution >= 0.6 is 0 Å². The Hall–Kier alpha value is -0.870. The molecule has 0 aromatic carbocycles. The molecular formula is C15H22O4. The van der Waals surface area contributed by atoms with Crippen LogP contribution in [0.1, 0.15) is 26.7 Å². The third kappa shape index (κ3) is 2.11. The maximum Gasteiger partial charge on any atom is 0.336 e. The van der Waals surface area contributed by atoms with Crippen LogP contribution in [0.25, 0.3) is 0 Å². The molecule has 1 N–H and O–H groups in total. The number of carbonyl (C=O) groups excluding carboxylic acids is 1. The van der Waals surface area contributed by atoms with Crippen molar-refractivity contribution in [2.24, 2.45) is 23.7 Å². The van der Waals surface area contributed by atoms with Gasteiger partial charge in [0.05, 0.1) is 24.4 Å². The van der Waals surface area contributed by atoms with Crippen molar-refractivity contribution in [3.8, 4) is 0 Å². The van der Waals surface area contributed by atoms with Gasteiger partial charge in [-0.3, -0.25) is 0 Å². The molecule has 1 heterocycles. The largest absolute Gasteiger partial charge is 0.459 e. The fourth-order valence-electron chi connectivity index (χ4n) is 4.26. The maximum absolute atomic E-state index is 11.7. The van der Waals surface area contributed by atoms with Gasteiger partial charge in [-0.05, 0) is 43.4 Å². The first-order valence-corrected chi connectivity index (χ1v) is 7.18. The van der Waals surface area contributed by atoms with Gasteiger partial charge in [-0.25, -0.2) is 4.79 Å². The van der Waals surface area contributed by atoms with Crippen molar-refractivity contribution in [1.29, 1.82) is 0 Å². The Labute approximate surface area is 113 Å². The lowest BCUT2D eigenvalue weighted by Crippen LogP contribution is -2.29. The van der Waals surface area contributed by atoms with Gasteiger partial charge in [-0.2, -0.15) is 0 Å². The highest BCUT2D eigenvalue weighted by molar-refractivity contribution is 5.88. The molecule has 0 bridgehead atoms. The molecule has 3 rings (SSSR count). The maximum atomic E-state index is 11.7. The van der Waals surface area contributed by atoms with Gasteiger partial charge in [-0.1, -0.05) is 13.5 Å². The van der Waals surface area contributed by atoms with Gasteiger partial charge >= 0.3 is 5.97 Å². The van der Waals surface area contributed by atoms with Crippen molar-refractivity contribution >= 4 is 5.97 Å². The number of aliphatic hydroxyl groups is 1. The Morgan fingerprint density at radius 1 is 1.53 bits per heavy atom. The second-order valence-electron chi connectivity index (χ2n) is 6.36. The topological polar surface area (TPSA) is 59.1 Å². The quantitative estimate of drug-likeness (QED) is 0.476. The highest BCUT2D eigenvalue weighted by Crippen LogP contribution is 2.59. The highest BCUT2D eigenvalue weighted by atomic mass is 16.6. The molecule has 19 heavy (non-hydrogen) atoms. The van der Waals surface area contributed by atoms with E-state index in [2.05, 4.69) is 13.5 Å². The zero-order chi connectivity index (χ0) is 13.7. The van der Waals surface area contributed by atoms with E-state index in [9.17, 15) is 4.79 Å². The van der Waals surface area contributed by atoms with Gasteiger partial charge in [0.15, 0.2) is 0 Å². The molecule has 0 spiro atoms. The summed E-state index contributed by atoms with van der Waals surface area (Å²) in [7, 11) is 0. The molecule has 0 radical (unpaired) electrons. The molecule has 4 heteroatoms. The molecule has 0 aromatic heterocycles. The Morgan fingerprint density at radius 3 is 2.95 bits per heavy atom. The van der Waals surface area contributed by atoms with Crippen LogP contribution in [0.4, 0.5) is 0 Å². The van der Waals surface area contributed by atoms with Gasteiger partial charge < -0.3 is 14.6 Å². The van der Waals surface area contributed by atoms with Crippen LogP contribution in [0.3, 0.4) is 0 Å². The molecule has 7 atom stereocenters. The minimum atomic E-state index is -0.467. The summed E-state index contributed by atoms with van der Waals surface area (Å²) in [4.78, 5) is 11.7. The van der Waals surface area contributed by atoms with Crippen molar-refractivity contribution in [2.75, 3.05) is 6.61 Å². The molecule has 2 aliphatic carbocycles. The summed E-state index contributed by atoms with van der Waals surface area (Å²) in [5.41, 5.74) is 0.132. The Bertz CT molecular complexity index is 405. The predicted molar refractivity (Wildman–Crippen MR) is 69.3 cm³/mol. The van der Waals surface area contributed by atoms with E-state index in [0.29, 0.717) is 35.9 Å². The minimum Gasteiger partial charge on any atom is -0.459 e. The Balaban J connectivity index is 1.63. The summed E-state index contributed by atoms with van der Waals surface area (Å²) >= 11 is 0. The van der Waals surface area contributed by atoms with E-state index in [1.165, 1.54) is 0 Å². The summed E-state index contributed by atoms with van der Waals surface area (Å²) < 4.78 is 11.1. The van der Waals surface area contributed by atoms with Crippen LogP contribution in [-0.2, 0) is 14.3 Å².